The maximum atomic E-state index is 11.1. The Bertz CT molecular complexity index is 385. The van der Waals surface area contributed by atoms with E-state index in [4.69, 9.17) is 14.2 Å². The molecule has 17 heavy (non-hydrogen) atoms. The zero-order valence-corrected chi connectivity index (χ0v) is 10.0. The molecule has 0 amide bonds. The van der Waals surface area contributed by atoms with Crippen molar-refractivity contribution in [1.82, 2.24) is 0 Å². The fourth-order valence-electron chi connectivity index (χ4n) is 1.82. The lowest BCUT2D eigenvalue weighted by Crippen LogP contribution is -2.49. The quantitative estimate of drug-likeness (QED) is 0.778. The summed E-state index contributed by atoms with van der Waals surface area (Å²) in [5, 5.41) is 0. The van der Waals surface area contributed by atoms with Crippen LogP contribution in [0.2, 0.25) is 0 Å². The Morgan fingerprint density at radius 3 is 2.47 bits per heavy atom. The molecule has 92 valence electrons. The number of rotatable bonds is 5. The highest BCUT2D eigenvalue weighted by Gasteiger charge is 2.40. The Morgan fingerprint density at radius 2 is 1.94 bits per heavy atom. The molecule has 0 aromatic heterocycles. The first-order valence-electron chi connectivity index (χ1n) is 5.54. The van der Waals surface area contributed by atoms with Crippen molar-refractivity contribution in [2.24, 2.45) is 0 Å². The molecule has 0 saturated heterocycles. The minimum Gasteiger partial charge on any atom is -0.497 e. The van der Waals surface area contributed by atoms with E-state index in [1.165, 1.54) is 7.11 Å². The van der Waals surface area contributed by atoms with Gasteiger partial charge in [-0.3, -0.25) is 4.79 Å². The third kappa shape index (κ3) is 2.65. The van der Waals surface area contributed by atoms with Crippen LogP contribution in [0.15, 0.2) is 24.3 Å². The molecule has 2 rings (SSSR count). The first kappa shape index (κ1) is 12.1. The number of hydrogen-bond acceptors (Lipinski definition) is 4. The average Bonchev–Trinajstić information content (AvgIpc) is 2.35. The molecule has 0 spiro atoms. The van der Waals surface area contributed by atoms with Crippen molar-refractivity contribution in [3.05, 3.63) is 29.8 Å². The van der Waals surface area contributed by atoms with E-state index in [1.807, 2.05) is 24.3 Å². The monoisotopic (exact) mass is 236 g/mol. The topological polar surface area (TPSA) is 44.8 Å². The number of Topliss-reactive ketones (excluding diaryl/α,β-unsaturated/α-hetero) is 1. The lowest BCUT2D eigenvalue weighted by molar-refractivity contribution is -0.163. The molecule has 0 bridgehead atoms. The Hall–Kier alpha value is -1.39. The van der Waals surface area contributed by atoms with E-state index in [9.17, 15) is 4.79 Å². The number of ketones is 1. The number of methoxy groups -OCH3 is 2. The van der Waals surface area contributed by atoms with Crippen molar-refractivity contribution < 1.29 is 19.0 Å². The van der Waals surface area contributed by atoms with Gasteiger partial charge in [0.1, 0.15) is 11.9 Å². The minimum atomic E-state index is -0.381. The minimum absolute atomic E-state index is 0.102. The lowest BCUT2D eigenvalue weighted by atomic mass is 9.90. The summed E-state index contributed by atoms with van der Waals surface area (Å²) in [7, 11) is 3.17. The van der Waals surface area contributed by atoms with Crippen LogP contribution in [0.4, 0.5) is 0 Å². The smallest absolute Gasteiger partial charge is 0.166 e. The molecule has 0 heterocycles. The van der Waals surface area contributed by atoms with E-state index in [0.29, 0.717) is 13.0 Å². The van der Waals surface area contributed by atoms with Crippen LogP contribution in [0.25, 0.3) is 0 Å². The van der Waals surface area contributed by atoms with E-state index >= 15 is 0 Å². The third-order valence-electron chi connectivity index (χ3n) is 2.93. The van der Waals surface area contributed by atoms with Gasteiger partial charge in [0.05, 0.1) is 19.8 Å². The summed E-state index contributed by atoms with van der Waals surface area (Å²) in [6, 6.07) is 7.67. The van der Waals surface area contributed by atoms with Gasteiger partial charge in [-0.2, -0.15) is 0 Å². The predicted octanol–water partition coefficient (Wildman–Crippen LogP) is 1.57. The van der Waals surface area contributed by atoms with Crippen molar-refractivity contribution >= 4 is 5.78 Å². The van der Waals surface area contributed by atoms with Crippen LogP contribution >= 0.6 is 0 Å². The Morgan fingerprint density at radius 1 is 1.24 bits per heavy atom. The fourth-order valence-corrected chi connectivity index (χ4v) is 1.82. The standard InChI is InChI=1S/C13H16O4/c1-15-10-5-3-9(4-6-10)8-17-12-7-11(14)13(12)16-2/h3-6,12-13H,7-8H2,1-2H3. The van der Waals surface area contributed by atoms with Crippen LogP contribution in [0.1, 0.15) is 12.0 Å². The Kier molecular flexibility index (Phi) is 3.76. The molecule has 1 aliphatic carbocycles. The summed E-state index contributed by atoms with van der Waals surface area (Å²) >= 11 is 0. The molecule has 1 fully saturated rings. The van der Waals surface area contributed by atoms with Crippen LogP contribution in [-0.4, -0.2) is 32.2 Å². The second kappa shape index (κ2) is 5.29. The Labute approximate surface area is 100 Å². The number of benzene rings is 1. The molecule has 0 aliphatic heterocycles. The van der Waals surface area contributed by atoms with Gasteiger partial charge in [0.2, 0.25) is 0 Å². The number of carbonyl (C=O) groups excluding carboxylic acids is 1. The molecule has 2 atom stereocenters. The molecule has 4 heteroatoms. The van der Waals surface area contributed by atoms with Gasteiger partial charge in [-0.25, -0.2) is 0 Å². The highest BCUT2D eigenvalue weighted by Crippen LogP contribution is 2.23. The molecule has 0 radical (unpaired) electrons. The maximum absolute atomic E-state index is 11.1. The van der Waals surface area contributed by atoms with Gasteiger partial charge in [0, 0.05) is 13.5 Å². The van der Waals surface area contributed by atoms with Crippen LogP contribution in [0, 0.1) is 0 Å². The van der Waals surface area contributed by atoms with Gasteiger partial charge in [-0.15, -0.1) is 0 Å². The number of ether oxygens (including phenoxy) is 3. The first-order valence-corrected chi connectivity index (χ1v) is 5.54. The van der Waals surface area contributed by atoms with Crippen molar-refractivity contribution in [1.29, 1.82) is 0 Å². The highest BCUT2D eigenvalue weighted by atomic mass is 16.5. The zero-order chi connectivity index (χ0) is 12.3. The summed E-state index contributed by atoms with van der Waals surface area (Å²) in [6.07, 6.45) is -0.0304. The number of hydrogen-bond donors (Lipinski definition) is 0. The maximum Gasteiger partial charge on any atom is 0.166 e. The summed E-state index contributed by atoms with van der Waals surface area (Å²) in [6.45, 7) is 0.488. The van der Waals surface area contributed by atoms with Gasteiger partial charge in [0.25, 0.3) is 0 Å². The van der Waals surface area contributed by atoms with Gasteiger partial charge >= 0.3 is 0 Å². The predicted molar refractivity (Wildman–Crippen MR) is 62.0 cm³/mol. The van der Waals surface area contributed by atoms with Crippen LogP contribution in [0.3, 0.4) is 0 Å². The van der Waals surface area contributed by atoms with E-state index in [-0.39, 0.29) is 18.0 Å². The van der Waals surface area contributed by atoms with Gasteiger partial charge in [-0.05, 0) is 17.7 Å². The molecular weight excluding hydrogens is 220 g/mol. The molecule has 1 aliphatic rings. The van der Waals surface area contributed by atoms with Gasteiger partial charge < -0.3 is 14.2 Å². The molecule has 1 saturated carbocycles. The van der Waals surface area contributed by atoms with Crippen LogP contribution in [-0.2, 0) is 20.9 Å². The highest BCUT2D eigenvalue weighted by molar-refractivity contribution is 5.90. The molecule has 2 unspecified atom stereocenters. The van der Waals surface area contributed by atoms with Gasteiger partial charge in [-0.1, -0.05) is 12.1 Å². The molecule has 4 nitrogen and oxygen atoms in total. The molecule has 1 aromatic rings. The van der Waals surface area contributed by atoms with Crippen molar-refractivity contribution in [3.63, 3.8) is 0 Å². The fraction of sp³-hybridized carbons (Fsp3) is 0.462. The number of carbonyl (C=O) groups is 1. The second-order valence-corrected chi connectivity index (χ2v) is 4.02. The zero-order valence-electron chi connectivity index (χ0n) is 10.0. The summed E-state index contributed by atoms with van der Waals surface area (Å²) in [5.74, 6) is 0.939. The van der Waals surface area contributed by atoms with Crippen LogP contribution in [0.5, 0.6) is 5.75 Å². The Balaban J connectivity index is 1.83. The van der Waals surface area contributed by atoms with E-state index < -0.39 is 0 Å². The lowest BCUT2D eigenvalue weighted by Gasteiger charge is -2.33. The summed E-state index contributed by atoms with van der Waals surface area (Å²) < 4.78 is 15.7. The summed E-state index contributed by atoms with van der Waals surface area (Å²) in [5.41, 5.74) is 1.06. The van der Waals surface area contributed by atoms with Crippen molar-refractivity contribution in [2.75, 3.05) is 14.2 Å². The second-order valence-electron chi connectivity index (χ2n) is 4.02. The largest absolute Gasteiger partial charge is 0.497 e. The SMILES string of the molecule is COc1ccc(COC2CC(=O)C2OC)cc1. The normalized spacial score (nSPS) is 23.3. The molecular formula is C13H16O4. The third-order valence-corrected chi connectivity index (χ3v) is 2.93. The average molecular weight is 236 g/mol. The van der Waals surface area contributed by atoms with Crippen LogP contribution < -0.4 is 4.74 Å². The van der Waals surface area contributed by atoms with Gasteiger partial charge in [0.15, 0.2) is 5.78 Å². The molecule has 1 aromatic carbocycles. The van der Waals surface area contributed by atoms with E-state index in [2.05, 4.69) is 0 Å². The summed E-state index contributed by atoms with van der Waals surface area (Å²) in [4.78, 5) is 11.1. The molecule has 0 N–H and O–H groups in total. The van der Waals surface area contributed by atoms with Crippen molar-refractivity contribution in [2.45, 2.75) is 25.2 Å². The van der Waals surface area contributed by atoms with E-state index in [1.54, 1.807) is 7.11 Å². The first-order chi connectivity index (χ1) is 8.24. The van der Waals surface area contributed by atoms with E-state index in [0.717, 1.165) is 11.3 Å². The van der Waals surface area contributed by atoms with Crippen molar-refractivity contribution in [3.8, 4) is 5.75 Å².